The molecule has 0 N–H and O–H groups in total. The van der Waals surface area contributed by atoms with E-state index in [1.165, 1.54) is 4.31 Å². The fourth-order valence-corrected chi connectivity index (χ4v) is 5.29. The predicted molar refractivity (Wildman–Crippen MR) is 127 cm³/mol. The predicted octanol–water partition coefficient (Wildman–Crippen LogP) is 4.54. The zero-order chi connectivity index (χ0) is 23.1. The van der Waals surface area contributed by atoms with E-state index in [1.54, 1.807) is 30.9 Å². The summed E-state index contributed by atoms with van der Waals surface area (Å²) in [5, 5.41) is 0. The fourth-order valence-electron chi connectivity index (χ4n) is 3.58. The van der Waals surface area contributed by atoms with Crippen LogP contribution in [0.1, 0.15) is 29.2 Å². The normalized spacial score (nSPS) is 11.5. The molecule has 0 fully saturated rings. The van der Waals surface area contributed by atoms with Gasteiger partial charge < -0.3 is 4.90 Å². The van der Waals surface area contributed by atoms with Gasteiger partial charge in [-0.25, -0.2) is 8.42 Å². The summed E-state index contributed by atoms with van der Waals surface area (Å²) in [6, 6.07) is 24.8. The van der Waals surface area contributed by atoms with Gasteiger partial charge >= 0.3 is 0 Å². The molecule has 3 aromatic rings. The lowest BCUT2D eigenvalue weighted by Crippen LogP contribution is -2.42. The summed E-state index contributed by atoms with van der Waals surface area (Å²) in [6.07, 6.45) is 0. The smallest absolute Gasteiger partial charge is 0.243 e. The highest BCUT2D eigenvalue weighted by molar-refractivity contribution is 7.89. The second-order valence-electron chi connectivity index (χ2n) is 7.92. The van der Waals surface area contributed by atoms with E-state index in [1.807, 2.05) is 73.7 Å². The Kier molecular flexibility index (Phi) is 7.83. The van der Waals surface area contributed by atoms with Gasteiger partial charge in [-0.1, -0.05) is 79.7 Å². The van der Waals surface area contributed by atoms with Crippen molar-refractivity contribution in [2.24, 2.45) is 0 Å². The molecule has 0 bridgehead atoms. The lowest BCUT2D eigenvalue weighted by molar-refractivity contribution is -0.132. The number of aryl methyl sites for hydroxylation is 2. The molecule has 1 amide bonds. The summed E-state index contributed by atoms with van der Waals surface area (Å²) in [4.78, 5) is 15.3. The van der Waals surface area contributed by atoms with Gasteiger partial charge in [0.2, 0.25) is 15.9 Å². The maximum Gasteiger partial charge on any atom is 0.243 e. The van der Waals surface area contributed by atoms with Crippen molar-refractivity contribution in [1.29, 1.82) is 0 Å². The van der Waals surface area contributed by atoms with Gasteiger partial charge in [0.1, 0.15) is 0 Å². The first-order valence-corrected chi connectivity index (χ1v) is 12.2. The molecule has 3 aromatic carbocycles. The van der Waals surface area contributed by atoms with Crippen LogP contribution >= 0.6 is 0 Å². The number of likely N-dealkylation sites (N-methyl/N-ethyl adjacent to an activating group) is 1. The minimum atomic E-state index is -3.79. The van der Waals surface area contributed by atoms with Crippen LogP contribution in [0.2, 0.25) is 0 Å². The quantitative estimate of drug-likeness (QED) is 0.481. The molecule has 32 heavy (non-hydrogen) atoms. The van der Waals surface area contributed by atoms with Gasteiger partial charge in [0, 0.05) is 19.6 Å². The first kappa shape index (κ1) is 23.7. The summed E-state index contributed by atoms with van der Waals surface area (Å²) < 4.78 is 28.0. The van der Waals surface area contributed by atoms with Crippen LogP contribution in [0.4, 0.5) is 0 Å². The SMILES string of the molecule is CCN(CC(=O)N(Cc1ccccc1)Cc1ccccc1)S(=O)(=O)c1cc(C)ccc1C. The molecule has 3 rings (SSSR count). The van der Waals surface area contributed by atoms with Crippen molar-refractivity contribution in [3.63, 3.8) is 0 Å². The molecule has 0 saturated carbocycles. The molecule has 0 radical (unpaired) electrons. The van der Waals surface area contributed by atoms with Crippen molar-refractivity contribution in [2.75, 3.05) is 13.1 Å². The first-order chi connectivity index (χ1) is 15.3. The third-order valence-electron chi connectivity index (χ3n) is 5.41. The van der Waals surface area contributed by atoms with Gasteiger partial charge in [0.25, 0.3) is 0 Å². The van der Waals surface area contributed by atoms with Crippen LogP contribution in [0, 0.1) is 13.8 Å². The average Bonchev–Trinajstić information content (AvgIpc) is 2.79. The molecule has 0 aliphatic carbocycles. The number of sulfonamides is 1. The van der Waals surface area contributed by atoms with E-state index < -0.39 is 10.0 Å². The Hall–Kier alpha value is -2.96. The standard InChI is InChI=1S/C26H30N2O3S/c1-4-28(32(30,31)25-17-21(2)15-16-22(25)3)20-26(29)27(18-23-11-7-5-8-12-23)19-24-13-9-6-10-14-24/h5-17H,4,18-20H2,1-3H3. The van der Waals surface area contributed by atoms with Crippen LogP contribution in [0.5, 0.6) is 0 Å². The van der Waals surface area contributed by atoms with Crippen LogP contribution in [0.15, 0.2) is 83.8 Å². The van der Waals surface area contributed by atoms with Gasteiger partial charge in [0.05, 0.1) is 11.4 Å². The zero-order valence-corrected chi connectivity index (χ0v) is 19.7. The Bertz CT molecular complexity index is 1100. The largest absolute Gasteiger partial charge is 0.333 e. The van der Waals surface area contributed by atoms with E-state index in [2.05, 4.69) is 0 Å². The summed E-state index contributed by atoms with van der Waals surface area (Å²) in [7, 11) is -3.79. The Balaban J connectivity index is 1.86. The van der Waals surface area contributed by atoms with Gasteiger partial charge in [-0.15, -0.1) is 0 Å². The zero-order valence-electron chi connectivity index (χ0n) is 18.9. The topological polar surface area (TPSA) is 57.7 Å². The van der Waals surface area contributed by atoms with Crippen molar-refractivity contribution >= 4 is 15.9 Å². The maximum atomic E-state index is 13.4. The van der Waals surface area contributed by atoms with E-state index in [0.29, 0.717) is 18.7 Å². The molecule has 0 spiro atoms. The molecule has 168 valence electrons. The number of amides is 1. The van der Waals surface area contributed by atoms with Crippen molar-refractivity contribution in [3.05, 3.63) is 101 Å². The molecule has 0 heterocycles. The molecule has 0 aliphatic rings. The lowest BCUT2D eigenvalue weighted by Gasteiger charge is -2.27. The second kappa shape index (κ2) is 10.6. The number of nitrogens with zero attached hydrogens (tertiary/aromatic N) is 2. The number of hydrogen-bond acceptors (Lipinski definition) is 3. The third-order valence-corrected chi connectivity index (χ3v) is 7.47. The van der Waals surface area contributed by atoms with E-state index in [0.717, 1.165) is 16.7 Å². The Labute approximate surface area is 191 Å². The average molecular weight is 451 g/mol. The number of benzene rings is 3. The monoisotopic (exact) mass is 450 g/mol. The number of carbonyl (C=O) groups is 1. The Morgan fingerprint density at radius 2 is 1.34 bits per heavy atom. The Morgan fingerprint density at radius 1 is 0.812 bits per heavy atom. The van der Waals surface area contributed by atoms with Crippen LogP contribution in [-0.4, -0.2) is 36.6 Å². The van der Waals surface area contributed by atoms with Crippen LogP contribution in [0.3, 0.4) is 0 Å². The molecule has 0 aliphatic heterocycles. The van der Waals surface area contributed by atoms with E-state index in [4.69, 9.17) is 0 Å². The summed E-state index contributed by atoms with van der Waals surface area (Å²) in [5.41, 5.74) is 3.53. The lowest BCUT2D eigenvalue weighted by atomic mass is 10.1. The van der Waals surface area contributed by atoms with Gasteiger partial charge in [0.15, 0.2) is 0 Å². The van der Waals surface area contributed by atoms with Gasteiger partial charge in [-0.2, -0.15) is 4.31 Å². The summed E-state index contributed by atoms with van der Waals surface area (Å²) in [5.74, 6) is -0.228. The van der Waals surface area contributed by atoms with Crippen molar-refractivity contribution in [2.45, 2.75) is 38.8 Å². The van der Waals surface area contributed by atoms with E-state index >= 15 is 0 Å². The van der Waals surface area contributed by atoms with Crippen molar-refractivity contribution in [1.82, 2.24) is 9.21 Å². The van der Waals surface area contributed by atoms with E-state index in [-0.39, 0.29) is 23.9 Å². The minimum absolute atomic E-state index is 0.202. The van der Waals surface area contributed by atoms with Crippen molar-refractivity contribution in [3.8, 4) is 0 Å². The summed E-state index contributed by atoms with van der Waals surface area (Å²) in [6.45, 7) is 6.23. The Morgan fingerprint density at radius 3 is 1.84 bits per heavy atom. The second-order valence-corrected chi connectivity index (χ2v) is 9.83. The van der Waals surface area contributed by atoms with Gasteiger partial charge in [-0.3, -0.25) is 4.79 Å². The fraction of sp³-hybridized carbons (Fsp3) is 0.269. The molecule has 0 unspecified atom stereocenters. The maximum absolute atomic E-state index is 13.4. The highest BCUT2D eigenvalue weighted by Gasteiger charge is 2.28. The number of hydrogen-bond donors (Lipinski definition) is 0. The number of rotatable bonds is 9. The van der Waals surface area contributed by atoms with Crippen LogP contribution in [-0.2, 0) is 27.9 Å². The molecule has 0 saturated heterocycles. The highest BCUT2D eigenvalue weighted by Crippen LogP contribution is 2.22. The van der Waals surface area contributed by atoms with Crippen LogP contribution < -0.4 is 0 Å². The van der Waals surface area contributed by atoms with Crippen molar-refractivity contribution < 1.29 is 13.2 Å². The minimum Gasteiger partial charge on any atom is -0.333 e. The van der Waals surface area contributed by atoms with E-state index in [9.17, 15) is 13.2 Å². The molecule has 0 aromatic heterocycles. The third kappa shape index (κ3) is 5.84. The van der Waals surface area contributed by atoms with Gasteiger partial charge in [-0.05, 0) is 42.2 Å². The molecular formula is C26H30N2O3S. The molecule has 0 atom stereocenters. The van der Waals surface area contributed by atoms with Crippen LogP contribution in [0.25, 0.3) is 0 Å². The molecular weight excluding hydrogens is 420 g/mol. The number of carbonyl (C=O) groups excluding carboxylic acids is 1. The molecule has 5 nitrogen and oxygen atoms in total. The molecule has 6 heteroatoms. The highest BCUT2D eigenvalue weighted by atomic mass is 32.2. The summed E-state index contributed by atoms with van der Waals surface area (Å²) >= 11 is 0. The first-order valence-electron chi connectivity index (χ1n) is 10.7.